The Morgan fingerprint density at radius 2 is 1.79 bits per heavy atom. The summed E-state index contributed by atoms with van der Waals surface area (Å²) in [5, 5.41) is 11.6. The second kappa shape index (κ2) is 11.6. The van der Waals surface area contributed by atoms with Gasteiger partial charge in [-0.1, -0.05) is 13.8 Å². The summed E-state index contributed by atoms with van der Waals surface area (Å²) in [6.07, 6.45) is -1.07. The number of ether oxygens (including phenoxy) is 3. The molecule has 0 radical (unpaired) electrons. The first-order chi connectivity index (χ1) is 13.7. The maximum atomic E-state index is 12.5. The van der Waals surface area contributed by atoms with Crippen molar-refractivity contribution < 1.29 is 32.3 Å². The summed E-state index contributed by atoms with van der Waals surface area (Å²) in [6.45, 7) is 3.88. The summed E-state index contributed by atoms with van der Waals surface area (Å²) >= 11 is -1.40. The predicted molar refractivity (Wildman–Crippen MR) is 108 cm³/mol. The Balaban J connectivity index is 3.09. The van der Waals surface area contributed by atoms with Crippen LogP contribution in [0, 0.1) is 16.0 Å². The van der Waals surface area contributed by atoms with Gasteiger partial charge in [0.05, 0.1) is 43.6 Å². The molecule has 0 spiro atoms. The zero-order valence-corrected chi connectivity index (χ0v) is 18.3. The summed E-state index contributed by atoms with van der Waals surface area (Å²) < 4.78 is 31.9. The van der Waals surface area contributed by atoms with E-state index in [2.05, 4.69) is 4.18 Å². The van der Waals surface area contributed by atoms with Crippen LogP contribution in [0.1, 0.15) is 31.9 Å². The number of amides is 1. The van der Waals surface area contributed by atoms with Crippen LogP contribution in [0.3, 0.4) is 0 Å². The predicted octanol–water partition coefficient (Wildman–Crippen LogP) is 3.08. The number of nitro groups is 1. The summed E-state index contributed by atoms with van der Waals surface area (Å²) in [4.78, 5) is 24.9. The quantitative estimate of drug-likeness (QED) is 0.387. The maximum Gasteiger partial charge on any atom is 0.410 e. The van der Waals surface area contributed by atoms with Crippen molar-refractivity contribution in [2.45, 2.75) is 26.4 Å². The van der Waals surface area contributed by atoms with Crippen LogP contribution in [0.2, 0.25) is 0 Å². The Labute approximate surface area is 172 Å². The minimum absolute atomic E-state index is 0.208. The molecule has 0 saturated carbocycles. The first-order valence-electron chi connectivity index (χ1n) is 8.91. The highest BCUT2D eigenvalue weighted by Crippen LogP contribution is 2.40. The topological polar surface area (TPSA) is 117 Å². The molecule has 29 heavy (non-hydrogen) atoms. The molecule has 0 aromatic heterocycles. The van der Waals surface area contributed by atoms with E-state index in [1.54, 1.807) is 20.9 Å². The van der Waals surface area contributed by atoms with Crippen molar-refractivity contribution in [3.63, 3.8) is 0 Å². The molecular weight excluding hydrogens is 404 g/mol. The minimum atomic E-state index is -1.40. The van der Waals surface area contributed by atoms with Crippen molar-refractivity contribution in [2.24, 2.45) is 5.92 Å². The Morgan fingerprint density at radius 1 is 1.21 bits per heavy atom. The van der Waals surface area contributed by atoms with Gasteiger partial charge in [0.2, 0.25) is 0 Å². The molecule has 0 aliphatic rings. The largest absolute Gasteiger partial charge is 0.493 e. The normalized spacial score (nSPS) is 12.9. The van der Waals surface area contributed by atoms with E-state index in [1.807, 2.05) is 0 Å². The van der Waals surface area contributed by atoms with Gasteiger partial charge >= 0.3 is 6.09 Å². The summed E-state index contributed by atoms with van der Waals surface area (Å²) in [5.41, 5.74) is -0.0165. The number of nitrogens with zero attached hydrogens (tertiary/aromatic N) is 2. The summed E-state index contributed by atoms with van der Waals surface area (Å²) in [7, 11) is 5.68. The number of carbonyl (C=O) groups is 1. The molecule has 0 bridgehead atoms. The molecule has 0 aliphatic heterocycles. The lowest BCUT2D eigenvalue weighted by Crippen LogP contribution is -2.31. The molecule has 164 valence electrons. The summed E-state index contributed by atoms with van der Waals surface area (Å²) in [6, 6.07) is 2.71. The van der Waals surface area contributed by atoms with Crippen LogP contribution in [0.4, 0.5) is 10.5 Å². The van der Waals surface area contributed by atoms with Gasteiger partial charge in [-0.2, -0.15) is 0 Å². The number of hydrogen-bond acceptors (Lipinski definition) is 8. The van der Waals surface area contributed by atoms with E-state index in [0.29, 0.717) is 18.7 Å². The number of rotatable bonds is 11. The molecule has 1 aromatic carbocycles. The highest BCUT2D eigenvalue weighted by molar-refractivity contribution is 7.80. The third-order valence-corrected chi connectivity index (χ3v) is 5.17. The van der Waals surface area contributed by atoms with Crippen LogP contribution < -0.4 is 9.47 Å². The van der Waals surface area contributed by atoms with E-state index in [0.717, 1.165) is 0 Å². The molecule has 0 saturated heterocycles. The van der Waals surface area contributed by atoms with E-state index in [9.17, 15) is 19.1 Å². The van der Waals surface area contributed by atoms with E-state index in [1.165, 1.54) is 38.4 Å². The zero-order chi connectivity index (χ0) is 22.1. The second-order valence-corrected chi connectivity index (χ2v) is 7.87. The van der Waals surface area contributed by atoms with Gasteiger partial charge < -0.3 is 19.1 Å². The van der Waals surface area contributed by atoms with Crippen molar-refractivity contribution in [1.82, 2.24) is 4.90 Å². The van der Waals surface area contributed by atoms with Gasteiger partial charge in [0.25, 0.3) is 5.69 Å². The zero-order valence-electron chi connectivity index (χ0n) is 17.5. The van der Waals surface area contributed by atoms with Crippen molar-refractivity contribution >= 4 is 22.9 Å². The van der Waals surface area contributed by atoms with Gasteiger partial charge in [-0.25, -0.2) is 9.00 Å². The number of carbonyl (C=O) groups excluding carboxylic acids is 1. The average molecular weight is 432 g/mol. The molecule has 0 aliphatic carbocycles. The molecule has 2 atom stereocenters. The standard InChI is InChI=1S/C18H28N2O8S/c1-12(2)17(28-18(21)19(3)8-7-9-29(24)27-6)13-10-15(25-4)16(26-5)11-14(13)20(22)23/h10-12,17H,7-9H2,1-6H3. The van der Waals surface area contributed by atoms with Crippen LogP contribution in [0.25, 0.3) is 0 Å². The molecule has 1 rings (SSSR count). The van der Waals surface area contributed by atoms with Crippen LogP contribution >= 0.6 is 0 Å². The van der Waals surface area contributed by atoms with Crippen molar-refractivity contribution in [2.75, 3.05) is 40.7 Å². The Morgan fingerprint density at radius 3 is 2.28 bits per heavy atom. The van der Waals surface area contributed by atoms with Crippen LogP contribution in [-0.4, -0.2) is 60.8 Å². The maximum absolute atomic E-state index is 12.5. The van der Waals surface area contributed by atoms with Crippen LogP contribution in [0.5, 0.6) is 11.5 Å². The fraction of sp³-hybridized carbons (Fsp3) is 0.611. The van der Waals surface area contributed by atoms with Crippen molar-refractivity contribution in [1.29, 1.82) is 0 Å². The van der Waals surface area contributed by atoms with Gasteiger partial charge in [0.1, 0.15) is 6.10 Å². The van der Waals surface area contributed by atoms with Crippen LogP contribution in [-0.2, 0) is 20.0 Å². The highest BCUT2D eigenvalue weighted by Gasteiger charge is 2.31. The fourth-order valence-corrected chi connectivity index (χ4v) is 3.15. The van der Waals surface area contributed by atoms with Gasteiger partial charge in [-0.3, -0.25) is 14.3 Å². The lowest BCUT2D eigenvalue weighted by atomic mass is 9.96. The smallest absolute Gasteiger partial charge is 0.410 e. The van der Waals surface area contributed by atoms with Crippen molar-refractivity contribution in [3.05, 3.63) is 27.8 Å². The molecule has 1 amide bonds. The molecule has 0 fully saturated rings. The third kappa shape index (κ3) is 6.86. The number of benzene rings is 1. The molecule has 0 heterocycles. The van der Waals surface area contributed by atoms with Crippen LogP contribution in [0.15, 0.2) is 12.1 Å². The van der Waals surface area contributed by atoms with Gasteiger partial charge in [-0.15, -0.1) is 0 Å². The second-order valence-electron chi connectivity index (χ2n) is 6.52. The first-order valence-corrected chi connectivity index (χ1v) is 10.2. The Bertz CT molecular complexity index is 741. The molecule has 0 N–H and O–H groups in total. The fourth-order valence-electron chi connectivity index (χ4n) is 2.62. The van der Waals surface area contributed by atoms with Gasteiger partial charge in [0.15, 0.2) is 22.6 Å². The SMILES string of the molecule is COc1cc(C(OC(=O)N(C)CCCS(=O)OC)C(C)C)c([N+](=O)[O-])cc1OC. The number of hydrogen-bond donors (Lipinski definition) is 0. The molecule has 2 unspecified atom stereocenters. The first kappa shape index (κ1) is 24.6. The average Bonchev–Trinajstić information content (AvgIpc) is 2.69. The lowest BCUT2D eigenvalue weighted by molar-refractivity contribution is -0.386. The van der Waals surface area contributed by atoms with Gasteiger partial charge in [0, 0.05) is 13.6 Å². The van der Waals surface area contributed by atoms with E-state index < -0.39 is 28.2 Å². The number of nitro benzene ring substituents is 1. The Hall–Kier alpha value is -2.40. The van der Waals surface area contributed by atoms with Crippen molar-refractivity contribution in [3.8, 4) is 11.5 Å². The van der Waals surface area contributed by atoms with E-state index in [-0.39, 0.29) is 28.7 Å². The molecule has 11 heteroatoms. The summed E-state index contributed by atoms with van der Waals surface area (Å²) in [5.74, 6) is 0.540. The molecule has 1 aromatic rings. The monoisotopic (exact) mass is 432 g/mol. The molecular formula is C18H28N2O8S. The van der Waals surface area contributed by atoms with Gasteiger partial charge in [-0.05, 0) is 18.4 Å². The minimum Gasteiger partial charge on any atom is -0.493 e. The molecule has 10 nitrogen and oxygen atoms in total. The Kier molecular flexibility index (Phi) is 9.83. The lowest BCUT2D eigenvalue weighted by Gasteiger charge is -2.25. The number of methoxy groups -OCH3 is 2. The van der Waals surface area contributed by atoms with E-state index in [4.69, 9.17) is 14.2 Å². The highest BCUT2D eigenvalue weighted by atomic mass is 32.2. The van der Waals surface area contributed by atoms with E-state index >= 15 is 0 Å². The third-order valence-electron chi connectivity index (χ3n) is 4.17.